The maximum Gasteiger partial charge on any atom is 0.212 e. The molecule has 1 aliphatic rings. The number of ether oxygens (including phenoxy) is 2. The normalized spacial score (nSPS) is 16.4. The van der Waals surface area contributed by atoms with E-state index in [-0.39, 0.29) is 5.37 Å². The lowest BCUT2D eigenvalue weighted by Gasteiger charge is -2.14. The summed E-state index contributed by atoms with van der Waals surface area (Å²) in [4.78, 5) is 0. The van der Waals surface area contributed by atoms with Crippen molar-refractivity contribution in [2.75, 3.05) is 19.6 Å². The SMILES string of the molecule is CCCc1nnc2n1N[C@@H](c1ccc(OC)c(OC)c1)S2. The lowest BCUT2D eigenvalue weighted by molar-refractivity contribution is 0.354. The lowest BCUT2D eigenvalue weighted by atomic mass is 10.2. The number of aryl methyl sites for hydroxylation is 1. The highest BCUT2D eigenvalue weighted by Gasteiger charge is 2.27. The third-order valence-corrected chi connectivity index (χ3v) is 4.44. The molecule has 3 rings (SSSR count). The summed E-state index contributed by atoms with van der Waals surface area (Å²) in [5.74, 6) is 2.44. The second kappa shape index (κ2) is 5.85. The minimum atomic E-state index is 0.103. The predicted octanol–water partition coefficient (Wildman–Crippen LogP) is 2.60. The van der Waals surface area contributed by atoms with E-state index in [1.165, 1.54) is 0 Å². The Morgan fingerprint density at radius 1 is 1.24 bits per heavy atom. The summed E-state index contributed by atoms with van der Waals surface area (Å²) in [7, 11) is 3.28. The van der Waals surface area contributed by atoms with E-state index >= 15 is 0 Å². The van der Waals surface area contributed by atoms with Gasteiger partial charge in [0.1, 0.15) is 5.37 Å². The number of aromatic nitrogens is 3. The number of thioether (sulfide) groups is 1. The van der Waals surface area contributed by atoms with E-state index < -0.39 is 0 Å². The Morgan fingerprint density at radius 3 is 2.76 bits per heavy atom. The van der Waals surface area contributed by atoms with Crippen LogP contribution < -0.4 is 14.9 Å². The summed E-state index contributed by atoms with van der Waals surface area (Å²) >= 11 is 1.65. The van der Waals surface area contributed by atoms with Crippen molar-refractivity contribution in [2.45, 2.75) is 30.3 Å². The fraction of sp³-hybridized carbons (Fsp3) is 0.429. The molecule has 0 radical (unpaired) electrons. The van der Waals surface area contributed by atoms with Gasteiger partial charge >= 0.3 is 0 Å². The van der Waals surface area contributed by atoms with Crippen LogP contribution in [0.4, 0.5) is 0 Å². The molecule has 0 saturated heterocycles. The van der Waals surface area contributed by atoms with E-state index in [2.05, 4.69) is 22.5 Å². The van der Waals surface area contributed by atoms with Crippen molar-refractivity contribution in [3.05, 3.63) is 29.6 Å². The van der Waals surface area contributed by atoms with Gasteiger partial charge in [-0.3, -0.25) is 0 Å². The zero-order chi connectivity index (χ0) is 14.8. The van der Waals surface area contributed by atoms with Gasteiger partial charge in [-0.15, -0.1) is 10.2 Å². The van der Waals surface area contributed by atoms with Crippen LogP contribution in [0, 0.1) is 0 Å². The molecule has 7 heteroatoms. The standard InChI is InChI=1S/C14H18N4O2S/c1-4-5-12-15-16-14-18(12)17-13(21-14)9-6-7-10(19-2)11(8-9)20-3/h6-8,13,17H,4-5H2,1-3H3/t13-/m1/s1. The smallest absolute Gasteiger partial charge is 0.212 e. The first-order valence-electron chi connectivity index (χ1n) is 6.86. The zero-order valence-electron chi connectivity index (χ0n) is 12.3. The number of hydrogen-bond donors (Lipinski definition) is 1. The number of rotatable bonds is 5. The molecule has 0 bridgehead atoms. The molecule has 6 nitrogen and oxygen atoms in total. The summed E-state index contributed by atoms with van der Waals surface area (Å²) in [5, 5.41) is 9.43. The first kappa shape index (κ1) is 14.1. The Labute approximate surface area is 127 Å². The second-order valence-electron chi connectivity index (χ2n) is 4.73. The van der Waals surface area contributed by atoms with E-state index in [9.17, 15) is 0 Å². The molecular weight excluding hydrogens is 288 g/mol. The first-order valence-corrected chi connectivity index (χ1v) is 7.74. The Hall–Kier alpha value is -1.89. The first-order chi connectivity index (χ1) is 10.3. The Bertz CT molecular complexity index is 644. The molecule has 0 saturated carbocycles. The van der Waals surface area contributed by atoms with E-state index in [0.29, 0.717) is 0 Å². The van der Waals surface area contributed by atoms with Crippen molar-refractivity contribution < 1.29 is 9.47 Å². The van der Waals surface area contributed by atoms with Crippen molar-refractivity contribution >= 4 is 11.8 Å². The van der Waals surface area contributed by atoms with Crippen molar-refractivity contribution in [1.29, 1.82) is 0 Å². The number of hydrogen-bond acceptors (Lipinski definition) is 6. The predicted molar refractivity (Wildman–Crippen MR) is 81.5 cm³/mol. The van der Waals surface area contributed by atoms with Gasteiger partial charge in [-0.25, -0.2) is 4.68 Å². The maximum atomic E-state index is 5.36. The highest BCUT2D eigenvalue weighted by atomic mass is 32.2. The second-order valence-corrected chi connectivity index (χ2v) is 5.80. The molecule has 0 unspecified atom stereocenters. The third-order valence-electron chi connectivity index (χ3n) is 3.35. The van der Waals surface area contributed by atoms with E-state index in [0.717, 1.165) is 40.9 Å². The van der Waals surface area contributed by atoms with Gasteiger partial charge in [-0.05, 0) is 24.1 Å². The van der Waals surface area contributed by atoms with Crippen LogP contribution in [0.3, 0.4) is 0 Å². The van der Waals surface area contributed by atoms with Gasteiger partial charge in [0.25, 0.3) is 0 Å². The molecule has 0 aliphatic carbocycles. The zero-order valence-corrected chi connectivity index (χ0v) is 13.1. The molecule has 0 amide bonds. The van der Waals surface area contributed by atoms with Crippen molar-refractivity contribution in [1.82, 2.24) is 14.9 Å². The molecule has 1 N–H and O–H groups in total. The third kappa shape index (κ3) is 2.53. The monoisotopic (exact) mass is 306 g/mol. The Morgan fingerprint density at radius 2 is 2.05 bits per heavy atom. The summed E-state index contributed by atoms with van der Waals surface area (Å²) in [6.45, 7) is 2.13. The van der Waals surface area contributed by atoms with Crippen LogP contribution >= 0.6 is 11.8 Å². The number of methoxy groups -OCH3 is 2. The van der Waals surface area contributed by atoms with Crippen LogP contribution in [0.2, 0.25) is 0 Å². The minimum absolute atomic E-state index is 0.103. The molecule has 2 heterocycles. The minimum Gasteiger partial charge on any atom is -0.493 e. The number of fused-ring (bicyclic) bond motifs is 1. The summed E-state index contributed by atoms with van der Waals surface area (Å²) in [5.41, 5.74) is 4.55. The topological polar surface area (TPSA) is 61.2 Å². The van der Waals surface area contributed by atoms with Crippen LogP contribution in [0.15, 0.2) is 23.4 Å². The lowest BCUT2D eigenvalue weighted by Crippen LogP contribution is -2.15. The van der Waals surface area contributed by atoms with Gasteiger partial charge in [-0.1, -0.05) is 24.8 Å². The number of nitrogens with zero attached hydrogens (tertiary/aromatic N) is 3. The van der Waals surface area contributed by atoms with Gasteiger partial charge in [0.15, 0.2) is 17.3 Å². The van der Waals surface area contributed by atoms with Gasteiger partial charge < -0.3 is 14.9 Å². The highest BCUT2D eigenvalue weighted by molar-refractivity contribution is 7.99. The van der Waals surface area contributed by atoms with Gasteiger partial charge in [0.2, 0.25) is 5.16 Å². The van der Waals surface area contributed by atoms with E-state index in [1.807, 2.05) is 22.9 Å². The molecule has 2 aromatic rings. The molecular formula is C14H18N4O2S. The molecule has 1 aromatic carbocycles. The molecule has 1 atom stereocenters. The molecule has 112 valence electrons. The van der Waals surface area contributed by atoms with Crippen LogP contribution in [0.25, 0.3) is 0 Å². The van der Waals surface area contributed by atoms with Gasteiger partial charge in [0, 0.05) is 6.42 Å². The average molecular weight is 306 g/mol. The Kier molecular flexibility index (Phi) is 3.92. The quantitative estimate of drug-likeness (QED) is 0.916. The molecule has 0 spiro atoms. The van der Waals surface area contributed by atoms with Crippen LogP contribution in [-0.4, -0.2) is 29.1 Å². The van der Waals surface area contributed by atoms with Crippen molar-refractivity contribution in [2.24, 2.45) is 0 Å². The molecule has 1 aliphatic heterocycles. The largest absolute Gasteiger partial charge is 0.493 e. The summed E-state index contributed by atoms with van der Waals surface area (Å²) < 4.78 is 12.6. The van der Waals surface area contributed by atoms with E-state index in [4.69, 9.17) is 9.47 Å². The Balaban J connectivity index is 1.84. The van der Waals surface area contributed by atoms with Crippen LogP contribution in [0.5, 0.6) is 11.5 Å². The van der Waals surface area contributed by atoms with Crippen LogP contribution in [-0.2, 0) is 6.42 Å². The van der Waals surface area contributed by atoms with Crippen molar-refractivity contribution in [3.63, 3.8) is 0 Å². The summed E-state index contributed by atoms with van der Waals surface area (Å²) in [6.07, 6.45) is 1.96. The maximum absolute atomic E-state index is 5.36. The highest BCUT2D eigenvalue weighted by Crippen LogP contribution is 2.41. The van der Waals surface area contributed by atoms with Crippen molar-refractivity contribution in [3.8, 4) is 11.5 Å². The van der Waals surface area contributed by atoms with E-state index in [1.54, 1.807) is 26.0 Å². The fourth-order valence-electron chi connectivity index (χ4n) is 2.30. The summed E-state index contributed by atoms with van der Waals surface area (Å²) in [6, 6.07) is 5.94. The number of nitrogens with one attached hydrogen (secondary N) is 1. The molecule has 1 aromatic heterocycles. The fourth-order valence-corrected chi connectivity index (χ4v) is 3.30. The molecule has 0 fully saturated rings. The number of benzene rings is 1. The van der Waals surface area contributed by atoms with Crippen LogP contribution in [0.1, 0.15) is 30.1 Å². The molecule has 21 heavy (non-hydrogen) atoms. The average Bonchev–Trinajstić information content (AvgIpc) is 3.09. The van der Waals surface area contributed by atoms with Gasteiger partial charge in [0.05, 0.1) is 14.2 Å². The van der Waals surface area contributed by atoms with Gasteiger partial charge in [-0.2, -0.15) is 0 Å².